The second-order valence-corrected chi connectivity index (χ2v) is 8.57. The summed E-state index contributed by atoms with van der Waals surface area (Å²) in [6.07, 6.45) is 2.52. The lowest BCUT2D eigenvalue weighted by atomic mass is 10.1. The van der Waals surface area contributed by atoms with Crippen LogP contribution in [-0.4, -0.2) is 29.9 Å². The molecule has 0 bridgehead atoms. The molecule has 1 aromatic heterocycles. The Morgan fingerprint density at radius 3 is 2.47 bits per heavy atom. The maximum Gasteiger partial charge on any atom is 0.251 e. The van der Waals surface area contributed by atoms with Crippen LogP contribution in [0.5, 0.6) is 0 Å². The predicted molar refractivity (Wildman–Crippen MR) is 124 cm³/mol. The quantitative estimate of drug-likeness (QED) is 0.452. The van der Waals surface area contributed by atoms with E-state index in [9.17, 15) is 9.59 Å². The molecule has 156 valence electrons. The molecule has 1 heterocycles. The van der Waals surface area contributed by atoms with Crippen LogP contribution in [0.4, 0.5) is 0 Å². The first kappa shape index (κ1) is 22.2. The molecular weight excluding hydrogens is 464 g/mol. The van der Waals surface area contributed by atoms with E-state index in [-0.39, 0.29) is 18.4 Å². The van der Waals surface area contributed by atoms with Gasteiger partial charge in [-0.15, -0.1) is 0 Å². The van der Waals surface area contributed by atoms with Crippen LogP contribution in [0.25, 0.3) is 11.3 Å². The van der Waals surface area contributed by atoms with Gasteiger partial charge in [-0.05, 0) is 54.8 Å². The summed E-state index contributed by atoms with van der Waals surface area (Å²) < 4.78 is 6.85. The van der Waals surface area contributed by atoms with Crippen LogP contribution < -0.4 is 10.6 Å². The molecule has 0 aliphatic heterocycles. The van der Waals surface area contributed by atoms with Crippen LogP contribution in [0.2, 0.25) is 0 Å². The topological polar surface area (TPSA) is 71.3 Å². The summed E-state index contributed by atoms with van der Waals surface area (Å²) in [7, 11) is 0. The van der Waals surface area contributed by atoms with E-state index in [1.54, 1.807) is 36.0 Å². The molecule has 1 unspecified atom stereocenters. The molecule has 0 aliphatic rings. The van der Waals surface area contributed by atoms with E-state index in [2.05, 4.69) is 26.6 Å². The molecule has 2 amide bonds. The molecule has 5 nitrogen and oxygen atoms in total. The Hall–Kier alpha value is -2.51. The first-order chi connectivity index (χ1) is 14.6. The molecule has 0 aliphatic carbocycles. The zero-order valence-electron chi connectivity index (χ0n) is 16.6. The van der Waals surface area contributed by atoms with Gasteiger partial charge in [-0.25, -0.2) is 0 Å². The number of rotatable bonds is 9. The highest BCUT2D eigenvalue weighted by Gasteiger charge is 2.21. The summed E-state index contributed by atoms with van der Waals surface area (Å²) in [5.74, 6) is 1.67. The molecule has 1 atom stereocenters. The fraction of sp³-hybridized carbons (Fsp3) is 0.217. The first-order valence-electron chi connectivity index (χ1n) is 9.54. The smallest absolute Gasteiger partial charge is 0.251 e. The van der Waals surface area contributed by atoms with Crippen molar-refractivity contribution >= 4 is 39.5 Å². The number of carbonyl (C=O) groups is 2. The van der Waals surface area contributed by atoms with Crippen molar-refractivity contribution in [1.82, 2.24) is 10.6 Å². The SMILES string of the molecule is CSCCC(NC(=O)c1ccccc1)C(=O)NCc1ccc(-c2ccc(Br)cc2)o1. The highest BCUT2D eigenvalue weighted by molar-refractivity contribution is 9.10. The van der Waals surface area contributed by atoms with E-state index in [4.69, 9.17) is 4.42 Å². The van der Waals surface area contributed by atoms with Gasteiger partial charge in [0, 0.05) is 15.6 Å². The number of nitrogens with one attached hydrogen (secondary N) is 2. The van der Waals surface area contributed by atoms with Crippen molar-refractivity contribution in [1.29, 1.82) is 0 Å². The zero-order valence-corrected chi connectivity index (χ0v) is 19.0. The van der Waals surface area contributed by atoms with E-state index in [0.29, 0.717) is 17.7 Å². The number of carbonyl (C=O) groups excluding carboxylic acids is 2. The van der Waals surface area contributed by atoms with Crippen molar-refractivity contribution < 1.29 is 14.0 Å². The molecule has 7 heteroatoms. The van der Waals surface area contributed by atoms with Crippen LogP contribution in [-0.2, 0) is 11.3 Å². The minimum Gasteiger partial charge on any atom is -0.459 e. The third-order valence-electron chi connectivity index (χ3n) is 4.50. The van der Waals surface area contributed by atoms with E-state index in [0.717, 1.165) is 21.5 Å². The van der Waals surface area contributed by atoms with Crippen LogP contribution in [0.1, 0.15) is 22.5 Å². The summed E-state index contributed by atoms with van der Waals surface area (Å²) in [6, 6.07) is 19.8. The average Bonchev–Trinajstić information content (AvgIpc) is 3.25. The number of thioether (sulfide) groups is 1. The van der Waals surface area contributed by atoms with Crippen molar-refractivity contribution in [2.75, 3.05) is 12.0 Å². The second kappa shape index (κ2) is 11.0. The summed E-state index contributed by atoms with van der Waals surface area (Å²) in [6.45, 7) is 0.256. The molecule has 0 fully saturated rings. The van der Waals surface area contributed by atoms with Crippen molar-refractivity contribution in [3.8, 4) is 11.3 Å². The Morgan fingerprint density at radius 2 is 1.77 bits per heavy atom. The number of benzene rings is 2. The van der Waals surface area contributed by atoms with Crippen molar-refractivity contribution in [3.63, 3.8) is 0 Å². The van der Waals surface area contributed by atoms with Crippen molar-refractivity contribution in [3.05, 3.63) is 82.5 Å². The highest BCUT2D eigenvalue weighted by Crippen LogP contribution is 2.24. The van der Waals surface area contributed by atoms with E-state index in [1.165, 1.54) is 0 Å². The number of halogens is 1. The fourth-order valence-electron chi connectivity index (χ4n) is 2.88. The number of amides is 2. The monoisotopic (exact) mass is 486 g/mol. The maximum atomic E-state index is 12.7. The molecule has 3 aromatic rings. The third kappa shape index (κ3) is 6.24. The second-order valence-electron chi connectivity index (χ2n) is 6.66. The van der Waals surface area contributed by atoms with Gasteiger partial charge in [0.05, 0.1) is 6.54 Å². The Bertz CT molecular complexity index is 974. The van der Waals surface area contributed by atoms with Gasteiger partial charge in [0.25, 0.3) is 5.91 Å². The van der Waals surface area contributed by atoms with Crippen LogP contribution in [0, 0.1) is 0 Å². The van der Waals surface area contributed by atoms with Crippen LogP contribution in [0.15, 0.2) is 75.6 Å². The lowest BCUT2D eigenvalue weighted by Crippen LogP contribution is -2.46. The zero-order chi connectivity index (χ0) is 21.3. The number of furan rings is 1. The Balaban J connectivity index is 1.60. The standard InChI is InChI=1S/C23H23BrN2O3S/c1-30-14-13-20(26-22(27)17-5-3-2-4-6-17)23(28)25-15-19-11-12-21(29-19)16-7-9-18(24)10-8-16/h2-12,20H,13-15H2,1H3,(H,25,28)(H,26,27). The van der Waals surface area contributed by atoms with Gasteiger partial charge >= 0.3 is 0 Å². The van der Waals surface area contributed by atoms with Gasteiger partial charge in [0.2, 0.25) is 5.91 Å². The molecule has 2 aromatic carbocycles. The highest BCUT2D eigenvalue weighted by atomic mass is 79.9. The average molecular weight is 487 g/mol. The van der Waals surface area contributed by atoms with Crippen LogP contribution in [0.3, 0.4) is 0 Å². The van der Waals surface area contributed by atoms with E-state index < -0.39 is 6.04 Å². The Kier molecular flexibility index (Phi) is 8.16. The molecular formula is C23H23BrN2O3S. The minimum absolute atomic E-state index is 0.227. The largest absolute Gasteiger partial charge is 0.459 e. The van der Waals surface area contributed by atoms with Crippen molar-refractivity contribution in [2.45, 2.75) is 19.0 Å². The van der Waals surface area contributed by atoms with Crippen molar-refractivity contribution in [2.24, 2.45) is 0 Å². The van der Waals surface area contributed by atoms with E-state index in [1.807, 2.05) is 48.7 Å². The fourth-order valence-corrected chi connectivity index (χ4v) is 3.61. The molecule has 0 radical (unpaired) electrons. The first-order valence-corrected chi connectivity index (χ1v) is 11.7. The molecule has 0 saturated heterocycles. The molecule has 30 heavy (non-hydrogen) atoms. The number of hydrogen-bond donors (Lipinski definition) is 2. The lowest BCUT2D eigenvalue weighted by molar-refractivity contribution is -0.123. The van der Waals surface area contributed by atoms with Gasteiger partial charge < -0.3 is 15.1 Å². The summed E-state index contributed by atoms with van der Waals surface area (Å²) >= 11 is 5.05. The van der Waals surface area contributed by atoms with Gasteiger partial charge in [0.15, 0.2) is 0 Å². The minimum atomic E-state index is -0.605. The lowest BCUT2D eigenvalue weighted by Gasteiger charge is -2.18. The third-order valence-corrected chi connectivity index (χ3v) is 5.67. The van der Waals surface area contributed by atoms with Gasteiger partial charge in [0.1, 0.15) is 17.6 Å². The maximum absolute atomic E-state index is 12.7. The Morgan fingerprint density at radius 1 is 1.03 bits per heavy atom. The molecule has 0 spiro atoms. The summed E-state index contributed by atoms with van der Waals surface area (Å²) in [5, 5.41) is 5.72. The molecule has 0 saturated carbocycles. The van der Waals surface area contributed by atoms with E-state index >= 15 is 0 Å². The van der Waals surface area contributed by atoms with Gasteiger partial charge in [-0.2, -0.15) is 11.8 Å². The summed E-state index contributed by atoms with van der Waals surface area (Å²) in [4.78, 5) is 25.2. The molecule has 2 N–H and O–H groups in total. The Labute approximate surface area is 188 Å². The predicted octanol–water partition coefficient (Wildman–Crippen LogP) is 4.88. The summed E-state index contributed by atoms with van der Waals surface area (Å²) in [5.41, 5.74) is 1.49. The van der Waals surface area contributed by atoms with Gasteiger partial charge in [-0.3, -0.25) is 9.59 Å². The van der Waals surface area contributed by atoms with Crippen LogP contribution >= 0.6 is 27.7 Å². The molecule has 3 rings (SSSR count). The number of hydrogen-bond acceptors (Lipinski definition) is 4. The van der Waals surface area contributed by atoms with Gasteiger partial charge in [-0.1, -0.05) is 46.3 Å². The normalized spacial score (nSPS) is 11.7.